The van der Waals surface area contributed by atoms with Gasteiger partial charge < -0.3 is 14.0 Å². The van der Waals surface area contributed by atoms with E-state index in [0.29, 0.717) is 32.0 Å². The summed E-state index contributed by atoms with van der Waals surface area (Å²) in [6.45, 7) is 5.27. The summed E-state index contributed by atoms with van der Waals surface area (Å²) in [5, 5.41) is 3.63. The van der Waals surface area contributed by atoms with E-state index in [0.717, 1.165) is 13.1 Å². The van der Waals surface area contributed by atoms with Crippen LogP contribution in [0, 0.1) is 6.92 Å². The fourth-order valence-corrected chi connectivity index (χ4v) is 4.00. The average molecular weight is 333 g/mol. The van der Waals surface area contributed by atoms with Crippen molar-refractivity contribution in [2.75, 3.05) is 53.6 Å². The summed E-state index contributed by atoms with van der Waals surface area (Å²) >= 11 is 0. The number of methoxy groups -OCH3 is 2. The van der Waals surface area contributed by atoms with E-state index < -0.39 is 10.0 Å². The van der Waals surface area contributed by atoms with E-state index in [-0.39, 0.29) is 10.9 Å². The molecule has 1 saturated heterocycles. The van der Waals surface area contributed by atoms with Crippen LogP contribution in [0.3, 0.4) is 0 Å². The molecule has 0 radical (unpaired) electrons. The molecule has 0 unspecified atom stereocenters. The van der Waals surface area contributed by atoms with Gasteiger partial charge in [-0.2, -0.15) is 4.31 Å². The highest BCUT2D eigenvalue weighted by atomic mass is 32.2. The number of ether oxygens (including phenoxy) is 2. The Bertz CT molecular complexity index is 560. The molecule has 0 amide bonds. The van der Waals surface area contributed by atoms with Gasteiger partial charge in [0.2, 0.25) is 10.0 Å². The number of nitrogens with zero attached hydrogens (tertiary/aromatic N) is 3. The Morgan fingerprint density at radius 2 is 1.91 bits per heavy atom. The molecule has 1 aliphatic heterocycles. The monoisotopic (exact) mass is 333 g/mol. The van der Waals surface area contributed by atoms with Crippen LogP contribution in [0.15, 0.2) is 15.7 Å². The molecule has 0 saturated carbocycles. The quantitative estimate of drug-likeness (QED) is 0.626. The summed E-state index contributed by atoms with van der Waals surface area (Å²) in [7, 11) is -0.202. The summed E-state index contributed by atoms with van der Waals surface area (Å²) < 4.78 is 41.3. The molecule has 1 fully saturated rings. The van der Waals surface area contributed by atoms with Crippen LogP contribution in [-0.2, 0) is 19.5 Å². The Balaban J connectivity index is 1.96. The molecule has 0 aromatic carbocycles. The predicted octanol–water partition coefficient (Wildman–Crippen LogP) is -0.0493. The number of aromatic nitrogens is 1. The Hall–Kier alpha value is -1.00. The number of hydrogen-bond donors (Lipinski definition) is 0. The number of rotatable bonds is 9. The lowest BCUT2D eigenvalue weighted by molar-refractivity contribution is 0.0411. The van der Waals surface area contributed by atoms with E-state index in [2.05, 4.69) is 10.1 Å². The molecule has 1 aromatic rings. The van der Waals surface area contributed by atoms with Gasteiger partial charge in [-0.15, -0.1) is 0 Å². The standard InChI is InChI=1S/C13H23N3O5S/c1-11-13(10-21-14-11)22(17,18)16-8-12(9-16)15(4-6-19-2)5-7-20-3/h10,12H,4-9H2,1-3H3. The summed E-state index contributed by atoms with van der Waals surface area (Å²) in [5.41, 5.74) is 0.388. The van der Waals surface area contributed by atoms with Crippen molar-refractivity contribution < 1.29 is 22.4 Å². The maximum Gasteiger partial charge on any atom is 0.248 e. The maximum absolute atomic E-state index is 12.5. The third-order valence-corrected chi connectivity index (χ3v) is 5.76. The van der Waals surface area contributed by atoms with E-state index in [4.69, 9.17) is 14.0 Å². The minimum absolute atomic E-state index is 0.145. The van der Waals surface area contributed by atoms with Gasteiger partial charge in [0.1, 0.15) is 16.9 Å². The number of aryl methyl sites for hydroxylation is 1. The van der Waals surface area contributed by atoms with Crippen molar-refractivity contribution in [1.29, 1.82) is 0 Å². The van der Waals surface area contributed by atoms with Crippen molar-refractivity contribution in [3.05, 3.63) is 12.0 Å². The zero-order valence-electron chi connectivity index (χ0n) is 13.2. The first-order chi connectivity index (χ1) is 10.5. The van der Waals surface area contributed by atoms with Gasteiger partial charge in [-0.3, -0.25) is 4.90 Å². The second-order valence-corrected chi connectivity index (χ2v) is 7.17. The van der Waals surface area contributed by atoms with Crippen molar-refractivity contribution >= 4 is 10.0 Å². The average Bonchev–Trinajstić information content (AvgIpc) is 2.86. The fraction of sp³-hybridized carbons (Fsp3) is 0.769. The summed E-state index contributed by atoms with van der Waals surface area (Å²) in [5.74, 6) is 0. The highest BCUT2D eigenvalue weighted by Crippen LogP contribution is 2.25. The van der Waals surface area contributed by atoms with Crippen molar-refractivity contribution in [2.24, 2.45) is 0 Å². The van der Waals surface area contributed by atoms with Gasteiger partial charge in [0.25, 0.3) is 0 Å². The molecule has 1 aliphatic rings. The third kappa shape index (κ3) is 3.66. The largest absolute Gasteiger partial charge is 0.383 e. The molecule has 0 spiro atoms. The van der Waals surface area contributed by atoms with Crippen LogP contribution in [0.5, 0.6) is 0 Å². The lowest BCUT2D eigenvalue weighted by Crippen LogP contribution is -2.61. The van der Waals surface area contributed by atoms with Crippen molar-refractivity contribution in [3.8, 4) is 0 Å². The highest BCUT2D eigenvalue weighted by Gasteiger charge is 2.40. The SMILES string of the molecule is COCCN(CCOC)C1CN(S(=O)(=O)c2conc2C)C1. The second-order valence-electron chi connectivity index (χ2n) is 5.26. The lowest BCUT2D eigenvalue weighted by atomic mass is 10.1. The first kappa shape index (κ1) is 17.4. The molecule has 9 heteroatoms. The summed E-state index contributed by atoms with van der Waals surface area (Å²) in [6.07, 6.45) is 1.19. The zero-order chi connectivity index (χ0) is 16.2. The van der Waals surface area contributed by atoms with Crippen LogP contribution in [-0.4, -0.2) is 82.4 Å². The number of hydrogen-bond acceptors (Lipinski definition) is 7. The Kier molecular flexibility index (Phi) is 5.93. The van der Waals surface area contributed by atoms with Gasteiger partial charge in [-0.05, 0) is 6.92 Å². The molecule has 22 heavy (non-hydrogen) atoms. The van der Waals surface area contributed by atoms with Gasteiger partial charge in [-0.25, -0.2) is 8.42 Å². The highest BCUT2D eigenvalue weighted by molar-refractivity contribution is 7.89. The van der Waals surface area contributed by atoms with Crippen LogP contribution >= 0.6 is 0 Å². The fourth-order valence-electron chi connectivity index (χ4n) is 2.41. The normalized spacial score (nSPS) is 17.1. The molecule has 0 bridgehead atoms. The van der Waals surface area contributed by atoms with E-state index in [9.17, 15) is 8.42 Å². The predicted molar refractivity (Wildman–Crippen MR) is 79.1 cm³/mol. The van der Waals surface area contributed by atoms with Crippen LogP contribution in [0.2, 0.25) is 0 Å². The molecule has 0 atom stereocenters. The zero-order valence-corrected chi connectivity index (χ0v) is 14.0. The summed E-state index contributed by atoms with van der Waals surface area (Å²) in [6, 6.07) is 0.181. The first-order valence-electron chi connectivity index (χ1n) is 7.13. The van der Waals surface area contributed by atoms with Gasteiger partial charge in [0.05, 0.1) is 13.2 Å². The number of sulfonamides is 1. The molecule has 0 aliphatic carbocycles. The summed E-state index contributed by atoms with van der Waals surface area (Å²) in [4.78, 5) is 2.34. The molecule has 0 N–H and O–H groups in total. The van der Waals surface area contributed by atoms with Crippen LogP contribution in [0.4, 0.5) is 0 Å². The Morgan fingerprint density at radius 1 is 1.32 bits per heavy atom. The van der Waals surface area contributed by atoms with E-state index in [1.807, 2.05) is 0 Å². The van der Waals surface area contributed by atoms with Crippen molar-refractivity contribution in [2.45, 2.75) is 17.9 Å². The molecular weight excluding hydrogens is 310 g/mol. The van der Waals surface area contributed by atoms with Gasteiger partial charge in [-0.1, -0.05) is 5.16 Å². The molecule has 1 aromatic heterocycles. The maximum atomic E-state index is 12.5. The van der Waals surface area contributed by atoms with Crippen LogP contribution in [0.25, 0.3) is 0 Å². The molecule has 8 nitrogen and oxygen atoms in total. The molecular formula is C13H23N3O5S. The molecule has 2 heterocycles. The van der Waals surface area contributed by atoms with E-state index in [1.165, 1.54) is 10.6 Å². The smallest absolute Gasteiger partial charge is 0.248 e. The molecule has 2 rings (SSSR count). The van der Waals surface area contributed by atoms with Crippen molar-refractivity contribution in [3.63, 3.8) is 0 Å². The van der Waals surface area contributed by atoms with E-state index in [1.54, 1.807) is 21.1 Å². The van der Waals surface area contributed by atoms with Gasteiger partial charge in [0, 0.05) is 46.4 Å². The minimum Gasteiger partial charge on any atom is -0.383 e. The van der Waals surface area contributed by atoms with Crippen molar-refractivity contribution in [1.82, 2.24) is 14.4 Å². The lowest BCUT2D eigenvalue weighted by Gasteiger charge is -2.44. The second kappa shape index (κ2) is 7.51. The topological polar surface area (TPSA) is 85.1 Å². The van der Waals surface area contributed by atoms with Gasteiger partial charge in [0.15, 0.2) is 0 Å². The third-order valence-electron chi connectivity index (χ3n) is 3.83. The van der Waals surface area contributed by atoms with E-state index >= 15 is 0 Å². The Labute approximate surface area is 131 Å². The minimum atomic E-state index is -3.51. The van der Waals surface area contributed by atoms with Crippen LogP contribution in [0.1, 0.15) is 5.69 Å². The van der Waals surface area contributed by atoms with Gasteiger partial charge >= 0.3 is 0 Å². The van der Waals surface area contributed by atoms with Crippen LogP contribution < -0.4 is 0 Å². The molecule has 126 valence electrons. The first-order valence-corrected chi connectivity index (χ1v) is 8.57. The Morgan fingerprint density at radius 3 is 2.36 bits per heavy atom.